The van der Waals surface area contributed by atoms with Gasteiger partial charge in [-0.1, -0.05) is 164 Å². The van der Waals surface area contributed by atoms with Gasteiger partial charge in [0.1, 0.15) is 33.5 Å². The Morgan fingerprint density at radius 3 is 1.43 bits per heavy atom. The van der Waals surface area contributed by atoms with Crippen molar-refractivity contribution in [2.75, 3.05) is 0 Å². The third-order valence-electron chi connectivity index (χ3n) is 13.2. The van der Waals surface area contributed by atoms with Gasteiger partial charge in [-0.05, 0) is 76.3 Å². The lowest BCUT2D eigenvalue weighted by Crippen LogP contribution is -1.93. The number of aromatic nitrogens is 1. The third-order valence-corrected chi connectivity index (χ3v) is 13.2. The van der Waals surface area contributed by atoms with E-state index in [4.69, 9.17) is 18.2 Å². The van der Waals surface area contributed by atoms with E-state index in [1.54, 1.807) is 0 Å². The monoisotopic (exact) mass is 829 g/mol. The van der Waals surface area contributed by atoms with Crippen molar-refractivity contribution in [2.45, 2.75) is 0 Å². The number of hydrogen-bond donors (Lipinski definition) is 0. The molecule has 0 radical (unpaired) electrons. The maximum atomic E-state index is 6.69. The van der Waals surface area contributed by atoms with Crippen LogP contribution in [0.4, 0.5) is 0 Å². The summed E-state index contributed by atoms with van der Waals surface area (Å²) in [6.07, 6.45) is 0. The molecule has 0 fully saturated rings. The molecule has 10 aromatic carbocycles. The minimum atomic E-state index is 0.837. The Morgan fingerprint density at radius 2 is 0.785 bits per heavy atom. The summed E-state index contributed by atoms with van der Waals surface area (Å²) in [7, 11) is 0. The van der Waals surface area contributed by atoms with Gasteiger partial charge in [0.25, 0.3) is 0 Å². The SMILES string of the molecule is c1ccc(-c2nc3ccccc3c3c(-c4ccc(-c5cc(-c6cccc7c6oc6ccccc67)cc(-c6cccc7c6oc6ccccc67)c5)cc4)c4c(cc23)oc2ccccc24)cc1. The number of fused-ring (bicyclic) bond motifs is 12. The van der Waals surface area contributed by atoms with Gasteiger partial charge < -0.3 is 13.3 Å². The zero-order valence-electron chi connectivity index (χ0n) is 34.9. The van der Waals surface area contributed by atoms with Crippen LogP contribution in [0.25, 0.3) is 143 Å². The number of furan rings is 3. The molecule has 0 spiro atoms. The van der Waals surface area contributed by atoms with Crippen molar-refractivity contribution in [3.63, 3.8) is 0 Å². The quantitative estimate of drug-likeness (QED) is 0.162. The lowest BCUT2D eigenvalue weighted by molar-refractivity contribution is 0.669. The molecule has 302 valence electrons. The zero-order valence-corrected chi connectivity index (χ0v) is 34.9. The predicted molar refractivity (Wildman–Crippen MR) is 268 cm³/mol. The number of benzene rings is 10. The fourth-order valence-electron chi connectivity index (χ4n) is 10.3. The Kier molecular flexibility index (Phi) is 7.65. The van der Waals surface area contributed by atoms with Gasteiger partial charge in [0.2, 0.25) is 0 Å². The molecule has 4 aromatic heterocycles. The highest BCUT2D eigenvalue weighted by molar-refractivity contribution is 6.28. The summed E-state index contributed by atoms with van der Waals surface area (Å²) in [5, 5.41) is 9.90. The molecule has 0 unspecified atom stereocenters. The van der Waals surface area contributed by atoms with E-state index in [9.17, 15) is 0 Å². The van der Waals surface area contributed by atoms with E-state index in [-0.39, 0.29) is 0 Å². The Balaban J connectivity index is 1.01. The van der Waals surface area contributed by atoms with Crippen LogP contribution in [0.1, 0.15) is 0 Å². The smallest absolute Gasteiger partial charge is 0.143 e. The second-order valence-electron chi connectivity index (χ2n) is 16.9. The van der Waals surface area contributed by atoms with Gasteiger partial charge in [-0.15, -0.1) is 0 Å². The van der Waals surface area contributed by atoms with Crippen molar-refractivity contribution in [1.29, 1.82) is 0 Å². The fourth-order valence-corrected chi connectivity index (χ4v) is 10.3. The van der Waals surface area contributed by atoms with E-state index in [1.807, 2.05) is 36.4 Å². The minimum Gasteiger partial charge on any atom is -0.456 e. The molecular formula is C61H35NO3. The van der Waals surface area contributed by atoms with Gasteiger partial charge in [0.15, 0.2) is 0 Å². The van der Waals surface area contributed by atoms with E-state index in [0.717, 1.165) is 143 Å². The van der Waals surface area contributed by atoms with Crippen molar-refractivity contribution in [2.24, 2.45) is 0 Å². The van der Waals surface area contributed by atoms with E-state index >= 15 is 0 Å². The molecule has 0 amide bonds. The molecule has 4 heteroatoms. The fraction of sp³-hybridized carbons (Fsp3) is 0. The first kappa shape index (κ1) is 35.8. The summed E-state index contributed by atoms with van der Waals surface area (Å²) >= 11 is 0. The van der Waals surface area contributed by atoms with Crippen LogP contribution in [0.5, 0.6) is 0 Å². The Bertz CT molecular complexity index is 4100. The van der Waals surface area contributed by atoms with Crippen LogP contribution in [-0.2, 0) is 0 Å². The molecule has 0 N–H and O–H groups in total. The molecule has 0 aliphatic rings. The highest BCUT2D eigenvalue weighted by Gasteiger charge is 2.23. The van der Waals surface area contributed by atoms with Crippen LogP contribution in [-0.4, -0.2) is 4.98 Å². The van der Waals surface area contributed by atoms with Crippen LogP contribution in [0.3, 0.4) is 0 Å². The number of para-hydroxylation sites is 6. The number of pyridine rings is 1. The van der Waals surface area contributed by atoms with Gasteiger partial charge in [0, 0.05) is 70.7 Å². The average Bonchev–Trinajstić information content (AvgIpc) is 4.07. The highest BCUT2D eigenvalue weighted by atomic mass is 16.3. The molecule has 0 aliphatic heterocycles. The molecule has 4 heterocycles. The number of rotatable bonds is 5. The van der Waals surface area contributed by atoms with Gasteiger partial charge in [0.05, 0.1) is 11.2 Å². The summed E-state index contributed by atoms with van der Waals surface area (Å²) in [5.74, 6) is 0. The molecule has 0 aliphatic carbocycles. The lowest BCUT2D eigenvalue weighted by Gasteiger charge is -2.16. The van der Waals surface area contributed by atoms with Crippen molar-refractivity contribution in [1.82, 2.24) is 4.98 Å². The first-order valence-electron chi connectivity index (χ1n) is 22.0. The minimum absolute atomic E-state index is 0.837. The van der Waals surface area contributed by atoms with Gasteiger partial charge in [-0.3, -0.25) is 0 Å². The second-order valence-corrected chi connectivity index (χ2v) is 16.9. The molecule has 4 nitrogen and oxygen atoms in total. The molecule has 0 saturated heterocycles. The molecule has 0 bridgehead atoms. The predicted octanol–water partition coefficient (Wildman–Crippen LogP) is 17.4. The summed E-state index contributed by atoms with van der Waals surface area (Å²) in [6, 6.07) is 74.9. The van der Waals surface area contributed by atoms with E-state index in [1.165, 1.54) is 0 Å². The molecule has 14 rings (SSSR count). The Morgan fingerprint density at radius 1 is 0.277 bits per heavy atom. The van der Waals surface area contributed by atoms with E-state index in [2.05, 4.69) is 176 Å². The average molecular weight is 830 g/mol. The largest absolute Gasteiger partial charge is 0.456 e. The molecule has 14 aromatic rings. The maximum Gasteiger partial charge on any atom is 0.143 e. The highest BCUT2D eigenvalue weighted by Crippen LogP contribution is 2.47. The lowest BCUT2D eigenvalue weighted by atomic mass is 9.88. The van der Waals surface area contributed by atoms with Gasteiger partial charge in [-0.25, -0.2) is 4.98 Å². The first-order valence-corrected chi connectivity index (χ1v) is 22.0. The first-order chi connectivity index (χ1) is 32.2. The second kappa shape index (κ2) is 13.9. The number of nitrogens with zero attached hydrogens (tertiary/aromatic N) is 1. The van der Waals surface area contributed by atoms with E-state index < -0.39 is 0 Å². The third kappa shape index (κ3) is 5.47. The normalized spacial score (nSPS) is 12.0. The number of hydrogen-bond acceptors (Lipinski definition) is 4. The van der Waals surface area contributed by atoms with Crippen molar-refractivity contribution in [3.05, 3.63) is 212 Å². The summed E-state index contributed by atoms with van der Waals surface area (Å²) < 4.78 is 20.0. The van der Waals surface area contributed by atoms with Crippen molar-refractivity contribution in [3.8, 4) is 55.8 Å². The Labute approximate surface area is 372 Å². The van der Waals surface area contributed by atoms with Crippen LogP contribution >= 0.6 is 0 Å². The van der Waals surface area contributed by atoms with Crippen LogP contribution in [0.15, 0.2) is 226 Å². The molecule has 0 atom stereocenters. The van der Waals surface area contributed by atoms with Crippen LogP contribution in [0, 0.1) is 0 Å². The van der Waals surface area contributed by atoms with Crippen LogP contribution in [0.2, 0.25) is 0 Å². The molecule has 0 saturated carbocycles. The molecular weight excluding hydrogens is 795 g/mol. The topological polar surface area (TPSA) is 52.3 Å². The van der Waals surface area contributed by atoms with Crippen molar-refractivity contribution >= 4 is 87.5 Å². The maximum absolute atomic E-state index is 6.69. The molecule has 65 heavy (non-hydrogen) atoms. The van der Waals surface area contributed by atoms with E-state index in [0.29, 0.717) is 0 Å². The van der Waals surface area contributed by atoms with Gasteiger partial charge >= 0.3 is 0 Å². The standard InChI is InChI=1S/C61H35NO3/c1-2-14-38(15-3-1)59-50-35-55-58(49-19-7-11-27-54(49)63-55)56(57(50)48-18-4-8-24-51(48)62-59)37-30-28-36(29-31-37)39-32-40(42-20-12-22-46-44-16-5-9-25-52(44)64-60(42)46)34-41(33-39)43-21-13-23-47-45-17-6-10-26-53(45)65-61(43)47/h1-35H. The van der Waals surface area contributed by atoms with Crippen molar-refractivity contribution < 1.29 is 13.3 Å². The van der Waals surface area contributed by atoms with Crippen LogP contribution < -0.4 is 0 Å². The summed E-state index contributed by atoms with van der Waals surface area (Å²) in [6.45, 7) is 0. The van der Waals surface area contributed by atoms with Gasteiger partial charge in [-0.2, -0.15) is 0 Å². The summed E-state index contributed by atoms with van der Waals surface area (Å²) in [4.78, 5) is 5.30. The summed E-state index contributed by atoms with van der Waals surface area (Å²) in [5.41, 5.74) is 16.7. The zero-order chi connectivity index (χ0) is 42.6. The Hall–Kier alpha value is -8.73.